The zero-order valence-electron chi connectivity index (χ0n) is 13.1. The van der Waals surface area contributed by atoms with Gasteiger partial charge in [-0.05, 0) is 45.7 Å². The van der Waals surface area contributed by atoms with Gasteiger partial charge < -0.3 is 10.1 Å². The van der Waals surface area contributed by atoms with E-state index < -0.39 is 0 Å². The maximum Gasteiger partial charge on any atom is 0.0645 e. The summed E-state index contributed by atoms with van der Waals surface area (Å²) in [6, 6.07) is 0.601. The van der Waals surface area contributed by atoms with Gasteiger partial charge in [-0.25, -0.2) is 0 Å². The van der Waals surface area contributed by atoms with Crippen LogP contribution in [0.15, 0.2) is 0 Å². The fraction of sp³-hybridized carbons (Fsp3) is 1.00. The Labute approximate surface area is 113 Å². The van der Waals surface area contributed by atoms with Crippen LogP contribution in [0.1, 0.15) is 41.5 Å². The first kappa shape index (κ1) is 15.9. The van der Waals surface area contributed by atoms with Gasteiger partial charge in [-0.3, -0.25) is 4.90 Å². The Morgan fingerprint density at radius 1 is 1.17 bits per heavy atom. The Kier molecular flexibility index (Phi) is 6.09. The molecule has 0 aromatic carbocycles. The van der Waals surface area contributed by atoms with E-state index in [1.165, 1.54) is 0 Å². The molecule has 0 bridgehead atoms. The molecular weight excluding hydrogens is 224 g/mol. The molecule has 0 aliphatic carbocycles. The minimum Gasteiger partial charge on any atom is -0.378 e. The molecule has 1 heterocycles. The number of ether oxygens (including phenoxy) is 1. The van der Waals surface area contributed by atoms with Crippen molar-refractivity contribution in [3.05, 3.63) is 0 Å². The van der Waals surface area contributed by atoms with Crippen molar-refractivity contribution in [1.29, 1.82) is 0 Å². The molecule has 0 amide bonds. The number of hydrogen-bond donors (Lipinski definition) is 1. The zero-order valence-corrected chi connectivity index (χ0v) is 13.1. The van der Waals surface area contributed by atoms with Gasteiger partial charge in [0.25, 0.3) is 0 Å². The molecule has 18 heavy (non-hydrogen) atoms. The predicted octanol–water partition coefficient (Wildman–Crippen LogP) is 2.37. The Bertz CT molecular complexity index is 241. The molecule has 2 atom stereocenters. The average molecular weight is 256 g/mol. The van der Waals surface area contributed by atoms with Crippen molar-refractivity contribution in [3.63, 3.8) is 0 Å². The highest BCUT2D eigenvalue weighted by atomic mass is 16.5. The summed E-state index contributed by atoms with van der Waals surface area (Å²) < 4.78 is 5.60. The lowest BCUT2D eigenvalue weighted by atomic mass is 9.94. The highest BCUT2D eigenvalue weighted by Crippen LogP contribution is 2.24. The Morgan fingerprint density at radius 3 is 2.39 bits per heavy atom. The molecule has 1 rings (SSSR count). The monoisotopic (exact) mass is 256 g/mol. The molecule has 3 nitrogen and oxygen atoms in total. The molecule has 0 radical (unpaired) electrons. The second-order valence-corrected chi connectivity index (χ2v) is 6.83. The van der Waals surface area contributed by atoms with Gasteiger partial charge in [-0.2, -0.15) is 0 Å². The Morgan fingerprint density at radius 2 is 1.83 bits per heavy atom. The van der Waals surface area contributed by atoms with Crippen molar-refractivity contribution in [2.75, 3.05) is 32.8 Å². The first-order valence-electron chi connectivity index (χ1n) is 7.40. The molecule has 108 valence electrons. The first-order chi connectivity index (χ1) is 8.34. The van der Waals surface area contributed by atoms with Gasteiger partial charge in [0, 0.05) is 18.1 Å². The summed E-state index contributed by atoms with van der Waals surface area (Å²) in [7, 11) is 0. The molecule has 1 aliphatic rings. The Hall–Kier alpha value is -0.120. The van der Waals surface area contributed by atoms with E-state index >= 15 is 0 Å². The molecule has 1 saturated heterocycles. The maximum absolute atomic E-state index is 5.60. The van der Waals surface area contributed by atoms with E-state index in [4.69, 9.17) is 4.74 Å². The van der Waals surface area contributed by atoms with E-state index in [9.17, 15) is 0 Å². The molecule has 0 spiro atoms. The number of rotatable bonds is 6. The van der Waals surface area contributed by atoms with Gasteiger partial charge in [0.05, 0.1) is 13.2 Å². The SMILES string of the molecule is CC(C)CNCC(C)C(C)N1CCOCC1(C)C. The summed E-state index contributed by atoms with van der Waals surface area (Å²) in [6.07, 6.45) is 0. The Balaban J connectivity index is 2.44. The zero-order chi connectivity index (χ0) is 13.8. The molecule has 1 aliphatic heterocycles. The van der Waals surface area contributed by atoms with Gasteiger partial charge in [0.15, 0.2) is 0 Å². The third-order valence-corrected chi connectivity index (χ3v) is 4.04. The van der Waals surface area contributed by atoms with Gasteiger partial charge >= 0.3 is 0 Å². The second-order valence-electron chi connectivity index (χ2n) is 6.83. The third-order valence-electron chi connectivity index (χ3n) is 4.04. The van der Waals surface area contributed by atoms with E-state index in [0.29, 0.717) is 12.0 Å². The van der Waals surface area contributed by atoms with Crippen LogP contribution in [0.3, 0.4) is 0 Å². The predicted molar refractivity (Wildman–Crippen MR) is 77.9 cm³/mol. The topological polar surface area (TPSA) is 24.5 Å². The summed E-state index contributed by atoms with van der Waals surface area (Å²) in [5.41, 5.74) is 0.171. The van der Waals surface area contributed by atoms with Crippen LogP contribution in [0.25, 0.3) is 0 Å². The van der Waals surface area contributed by atoms with Crippen molar-refractivity contribution >= 4 is 0 Å². The fourth-order valence-corrected chi connectivity index (χ4v) is 2.70. The smallest absolute Gasteiger partial charge is 0.0645 e. The standard InChI is InChI=1S/C15H32N2O/c1-12(2)9-16-10-13(3)14(4)17-7-8-18-11-15(17,5)6/h12-14,16H,7-11H2,1-6H3. The molecule has 0 saturated carbocycles. The van der Waals surface area contributed by atoms with E-state index in [1.54, 1.807) is 0 Å². The van der Waals surface area contributed by atoms with Crippen molar-refractivity contribution in [3.8, 4) is 0 Å². The largest absolute Gasteiger partial charge is 0.378 e. The summed E-state index contributed by atoms with van der Waals surface area (Å²) in [6.45, 7) is 18.8. The highest BCUT2D eigenvalue weighted by Gasteiger charge is 2.35. The van der Waals surface area contributed by atoms with Gasteiger partial charge in [-0.1, -0.05) is 20.8 Å². The fourth-order valence-electron chi connectivity index (χ4n) is 2.70. The van der Waals surface area contributed by atoms with Crippen molar-refractivity contribution in [1.82, 2.24) is 10.2 Å². The van der Waals surface area contributed by atoms with E-state index in [0.717, 1.165) is 38.8 Å². The van der Waals surface area contributed by atoms with Crippen LogP contribution in [0, 0.1) is 11.8 Å². The third kappa shape index (κ3) is 4.52. The minimum atomic E-state index is 0.171. The summed E-state index contributed by atoms with van der Waals surface area (Å²) in [5, 5.41) is 3.57. The molecule has 2 unspecified atom stereocenters. The minimum absolute atomic E-state index is 0.171. The van der Waals surface area contributed by atoms with Gasteiger partial charge in [0.2, 0.25) is 0 Å². The quantitative estimate of drug-likeness (QED) is 0.789. The van der Waals surface area contributed by atoms with Crippen molar-refractivity contribution < 1.29 is 4.74 Å². The molecule has 0 aromatic heterocycles. The normalized spacial score (nSPS) is 24.2. The number of morpholine rings is 1. The maximum atomic E-state index is 5.60. The second kappa shape index (κ2) is 6.88. The van der Waals surface area contributed by atoms with Crippen LogP contribution in [0.4, 0.5) is 0 Å². The average Bonchev–Trinajstić information content (AvgIpc) is 2.27. The molecular formula is C15H32N2O. The van der Waals surface area contributed by atoms with E-state index in [1.807, 2.05) is 0 Å². The summed E-state index contributed by atoms with van der Waals surface area (Å²) in [4.78, 5) is 2.61. The lowest BCUT2D eigenvalue weighted by Crippen LogP contribution is -2.58. The van der Waals surface area contributed by atoms with Crippen LogP contribution in [0.5, 0.6) is 0 Å². The van der Waals surface area contributed by atoms with E-state index in [2.05, 4.69) is 51.8 Å². The first-order valence-corrected chi connectivity index (χ1v) is 7.40. The summed E-state index contributed by atoms with van der Waals surface area (Å²) >= 11 is 0. The lowest BCUT2D eigenvalue weighted by molar-refractivity contribution is -0.0775. The van der Waals surface area contributed by atoms with Crippen LogP contribution in [-0.2, 0) is 4.74 Å². The number of nitrogens with zero attached hydrogens (tertiary/aromatic N) is 1. The van der Waals surface area contributed by atoms with Gasteiger partial charge in [0.1, 0.15) is 0 Å². The number of nitrogens with one attached hydrogen (secondary N) is 1. The molecule has 0 aromatic rings. The molecule has 1 fully saturated rings. The highest BCUT2D eigenvalue weighted by molar-refractivity contribution is 4.89. The van der Waals surface area contributed by atoms with Crippen LogP contribution in [-0.4, -0.2) is 49.3 Å². The lowest BCUT2D eigenvalue weighted by Gasteiger charge is -2.47. The van der Waals surface area contributed by atoms with Crippen LogP contribution in [0.2, 0.25) is 0 Å². The van der Waals surface area contributed by atoms with Crippen LogP contribution < -0.4 is 5.32 Å². The molecule has 1 N–H and O–H groups in total. The van der Waals surface area contributed by atoms with E-state index in [-0.39, 0.29) is 5.54 Å². The van der Waals surface area contributed by atoms with Crippen LogP contribution >= 0.6 is 0 Å². The molecule has 3 heteroatoms. The van der Waals surface area contributed by atoms with Crippen molar-refractivity contribution in [2.24, 2.45) is 11.8 Å². The number of hydrogen-bond acceptors (Lipinski definition) is 3. The van der Waals surface area contributed by atoms with Crippen molar-refractivity contribution in [2.45, 2.75) is 53.1 Å². The van der Waals surface area contributed by atoms with Gasteiger partial charge in [-0.15, -0.1) is 0 Å². The summed E-state index contributed by atoms with van der Waals surface area (Å²) in [5.74, 6) is 1.40.